The molecule has 2 aliphatic heterocycles. The smallest absolute Gasteiger partial charge is 0.223 e. The Kier molecular flexibility index (Phi) is 6.85. The summed E-state index contributed by atoms with van der Waals surface area (Å²) in [7, 11) is -3.11. The Morgan fingerprint density at radius 1 is 1.13 bits per heavy atom. The lowest BCUT2D eigenvalue weighted by Crippen LogP contribution is -2.46. The maximum Gasteiger partial charge on any atom is 0.223 e. The molecule has 2 aliphatic rings. The van der Waals surface area contributed by atoms with Gasteiger partial charge in [-0.25, -0.2) is 12.7 Å². The summed E-state index contributed by atoms with van der Waals surface area (Å²) in [6, 6.07) is 0.614. The molecule has 0 aromatic carbocycles. The molecule has 1 unspecified atom stereocenters. The predicted octanol–water partition coefficient (Wildman–Crippen LogP) is 1.04. The van der Waals surface area contributed by atoms with Gasteiger partial charge in [-0.2, -0.15) is 0 Å². The molecular weight excluding hydrogens is 314 g/mol. The van der Waals surface area contributed by atoms with Gasteiger partial charge in [0.05, 0.1) is 5.75 Å². The fourth-order valence-corrected chi connectivity index (χ4v) is 4.67. The van der Waals surface area contributed by atoms with Crippen molar-refractivity contribution in [1.29, 1.82) is 0 Å². The molecule has 1 amide bonds. The van der Waals surface area contributed by atoms with E-state index in [1.54, 1.807) is 6.92 Å². The lowest BCUT2D eigenvalue weighted by Gasteiger charge is -2.33. The van der Waals surface area contributed by atoms with Crippen LogP contribution in [0.25, 0.3) is 0 Å². The van der Waals surface area contributed by atoms with Gasteiger partial charge in [0, 0.05) is 38.1 Å². The molecule has 2 saturated heterocycles. The molecule has 0 spiro atoms. The van der Waals surface area contributed by atoms with E-state index >= 15 is 0 Å². The Bertz CT molecular complexity index is 487. The van der Waals surface area contributed by atoms with Gasteiger partial charge < -0.3 is 5.32 Å². The number of carbonyl (C=O) groups excluding carboxylic acids is 1. The third-order valence-corrected chi connectivity index (χ3v) is 7.10. The van der Waals surface area contributed by atoms with Crippen molar-refractivity contribution < 1.29 is 13.2 Å². The van der Waals surface area contributed by atoms with Crippen LogP contribution in [0.1, 0.15) is 46.0 Å². The van der Waals surface area contributed by atoms with Crippen LogP contribution in [0.15, 0.2) is 0 Å². The van der Waals surface area contributed by atoms with Crippen LogP contribution in [0, 0.1) is 5.92 Å². The van der Waals surface area contributed by atoms with Gasteiger partial charge in [-0.1, -0.05) is 6.42 Å². The van der Waals surface area contributed by atoms with E-state index in [1.165, 1.54) is 23.6 Å². The molecule has 7 heteroatoms. The molecular formula is C16H31N3O3S. The third-order valence-electron chi connectivity index (χ3n) is 5.22. The zero-order valence-electron chi connectivity index (χ0n) is 14.5. The average Bonchev–Trinajstić information content (AvgIpc) is 2.56. The summed E-state index contributed by atoms with van der Waals surface area (Å²) >= 11 is 0. The Morgan fingerprint density at radius 3 is 2.43 bits per heavy atom. The van der Waals surface area contributed by atoms with Crippen LogP contribution in [0.5, 0.6) is 0 Å². The van der Waals surface area contributed by atoms with Crippen molar-refractivity contribution in [3.05, 3.63) is 0 Å². The number of nitrogens with one attached hydrogen (secondary N) is 1. The fourth-order valence-electron chi connectivity index (χ4n) is 3.54. The summed E-state index contributed by atoms with van der Waals surface area (Å²) in [5, 5.41) is 3.04. The van der Waals surface area contributed by atoms with E-state index in [0.717, 1.165) is 13.1 Å². The van der Waals surface area contributed by atoms with Crippen molar-refractivity contribution in [2.24, 2.45) is 5.92 Å². The van der Waals surface area contributed by atoms with E-state index in [1.807, 2.05) is 0 Å². The van der Waals surface area contributed by atoms with Gasteiger partial charge in [0.2, 0.25) is 15.9 Å². The highest BCUT2D eigenvalue weighted by Crippen LogP contribution is 2.20. The number of hydrogen-bond donors (Lipinski definition) is 1. The summed E-state index contributed by atoms with van der Waals surface area (Å²) in [5.41, 5.74) is 0. The van der Waals surface area contributed by atoms with Gasteiger partial charge in [-0.05, 0) is 46.1 Å². The lowest BCUT2D eigenvalue weighted by atomic mass is 9.97. The van der Waals surface area contributed by atoms with Gasteiger partial charge in [0.1, 0.15) is 0 Å². The van der Waals surface area contributed by atoms with Gasteiger partial charge in [-0.3, -0.25) is 9.69 Å². The predicted molar refractivity (Wildman–Crippen MR) is 91.7 cm³/mol. The van der Waals surface area contributed by atoms with Crippen molar-refractivity contribution in [2.75, 3.05) is 38.5 Å². The minimum Gasteiger partial charge on any atom is -0.355 e. The Hall–Kier alpha value is -0.660. The van der Waals surface area contributed by atoms with E-state index in [9.17, 15) is 13.2 Å². The zero-order valence-corrected chi connectivity index (χ0v) is 15.3. The largest absolute Gasteiger partial charge is 0.355 e. The van der Waals surface area contributed by atoms with Crippen molar-refractivity contribution in [2.45, 2.75) is 52.0 Å². The van der Waals surface area contributed by atoms with E-state index < -0.39 is 10.0 Å². The molecule has 0 aromatic rings. The maximum atomic E-state index is 12.2. The normalized spacial score (nSPS) is 25.4. The SMILES string of the molecule is CCS(=O)(=O)N1CCC(C(=O)NCCN2CCCCC2C)CC1. The molecule has 0 aromatic heterocycles. The van der Waals surface area contributed by atoms with Crippen LogP contribution in [0.4, 0.5) is 0 Å². The Labute approximate surface area is 140 Å². The highest BCUT2D eigenvalue weighted by molar-refractivity contribution is 7.89. The molecule has 1 atom stereocenters. The van der Waals surface area contributed by atoms with Gasteiger partial charge in [-0.15, -0.1) is 0 Å². The van der Waals surface area contributed by atoms with Gasteiger partial charge in [0.25, 0.3) is 0 Å². The summed E-state index contributed by atoms with van der Waals surface area (Å²) < 4.78 is 25.2. The highest BCUT2D eigenvalue weighted by Gasteiger charge is 2.30. The third kappa shape index (κ3) is 5.16. The first kappa shape index (κ1) is 18.7. The van der Waals surface area contributed by atoms with Crippen LogP contribution in [0.2, 0.25) is 0 Å². The fraction of sp³-hybridized carbons (Fsp3) is 0.938. The first-order valence-corrected chi connectivity index (χ1v) is 10.5. The summed E-state index contributed by atoms with van der Waals surface area (Å²) in [5.74, 6) is 0.179. The van der Waals surface area contributed by atoms with E-state index in [-0.39, 0.29) is 17.6 Å². The quantitative estimate of drug-likeness (QED) is 0.781. The second-order valence-electron chi connectivity index (χ2n) is 6.75. The second kappa shape index (κ2) is 8.44. The number of hydrogen-bond acceptors (Lipinski definition) is 4. The molecule has 2 fully saturated rings. The van der Waals surface area contributed by atoms with Gasteiger partial charge >= 0.3 is 0 Å². The van der Waals surface area contributed by atoms with Crippen molar-refractivity contribution in [3.63, 3.8) is 0 Å². The van der Waals surface area contributed by atoms with E-state index in [2.05, 4.69) is 17.1 Å². The van der Waals surface area contributed by atoms with Crippen LogP contribution in [-0.2, 0) is 14.8 Å². The minimum atomic E-state index is -3.11. The van der Waals surface area contributed by atoms with Crippen LogP contribution >= 0.6 is 0 Å². The summed E-state index contributed by atoms with van der Waals surface area (Å²) in [6.45, 7) is 7.59. The van der Waals surface area contributed by atoms with Crippen molar-refractivity contribution in [3.8, 4) is 0 Å². The van der Waals surface area contributed by atoms with Crippen molar-refractivity contribution in [1.82, 2.24) is 14.5 Å². The molecule has 0 radical (unpaired) electrons. The Morgan fingerprint density at radius 2 is 1.83 bits per heavy atom. The maximum absolute atomic E-state index is 12.2. The molecule has 6 nitrogen and oxygen atoms in total. The van der Waals surface area contributed by atoms with E-state index in [0.29, 0.717) is 38.5 Å². The lowest BCUT2D eigenvalue weighted by molar-refractivity contribution is -0.126. The average molecular weight is 346 g/mol. The molecule has 2 heterocycles. The number of amides is 1. The number of rotatable bonds is 6. The second-order valence-corrected chi connectivity index (χ2v) is 9.00. The summed E-state index contributed by atoms with van der Waals surface area (Å²) in [4.78, 5) is 14.7. The van der Waals surface area contributed by atoms with Crippen molar-refractivity contribution >= 4 is 15.9 Å². The zero-order chi connectivity index (χ0) is 16.9. The molecule has 134 valence electrons. The monoisotopic (exact) mass is 345 g/mol. The molecule has 23 heavy (non-hydrogen) atoms. The van der Waals surface area contributed by atoms with E-state index in [4.69, 9.17) is 0 Å². The highest BCUT2D eigenvalue weighted by atomic mass is 32.2. The first-order chi connectivity index (χ1) is 10.9. The molecule has 2 rings (SSSR count). The number of nitrogens with zero attached hydrogens (tertiary/aromatic N) is 2. The van der Waals surface area contributed by atoms with Crippen LogP contribution < -0.4 is 5.32 Å². The van der Waals surface area contributed by atoms with Crippen LogP contribution in [0.3, 0.4) is 0 Å². The van der Waals surface area contributed by atoms with Gasteiger partial charge in [0.15, 0.2) is 0 Å². The van der Waals surface area contributed by atoms with Crippen LogP contribution in [-0.4, -0.2) is 68.0 Å². The Balaban J connectivity index is 1.69. The molecule has 1 N–H and O–H groups in total. The number of likely N-dealkylation sites (tertiary alicyclic amines) is 1. The minimum absolute atomic E-state index is 0.0444. The number of carbonyl (C=O) groups is 1. The summed E-state index contributed by atoms with van der Waals surface area (Å²) in [6.07, 6.45) is 5.07. The molecule has 0 aliphatic carbocycles. The number of sulfonamides is 1. The molecule has 0 bridgehead atoms. The standard InChI is InChI=1S/C16H31N3O3S/c1-3-23(21,22)19-11-7-15(8-12-19)16(20)17-9-13-18-10-5-4-6-14(18)2/h14-15H,3-13H2,1-2H3,(H,17,20). The number of piperidine rings is 2. The topological polar surface area (TPSA) is 69.7 Å². The molecule has 0 saturated carbocycles. The first-order valence-electron chi connectivity index (χ1n) is 8.93.